The molecule has 2 rings (SSSR count). The summed E-state index contributed by atoms with van der Waals surface area (Å²) in [6, 6.07) is 3.84. The maximum Gasteiger partial charge on any atom is 0.245 e. The highest BCUT2D eigenvalue weighted by molar-refractivity contribution is 7.89. The van der Waals surface area contributed by atoms with Crippen LogP contribution in [-0.2, 0) is 14.8 Å². The van der Waals surface area contributed by atoms with Gasteiger partial charge in [0.15, 0.2) is 0 Å². The molecule has 0 amide bonds. The zero-order chi connectivity index (χ0) is 14.0. The first-order valence-electron chi connectivity index (χ1n) is 5.89. The predicted molar refractivity (Wildman–Crippen MR) is 74.1 cm³/mol. The molecular formula is C12H13Cl2NO3S. The van der Waals surface area contributed by atoms with Gasteiger partial charge >= 0.3 is 0 Å². The average molecular weight is 322 g/mol. The molecular weight excluding hydrogens is 309 g/mol. The van der Waals surface area contributed by atoms with Gasteiger partial charge in [0.1, 0.15) is 11.2 Å². The van der Waals surface area contributed by atoms with Crippen molar-refractivity contribution in [2.75, 3.05) is 6.54 Å². The van der Waals surface area contributed by atoms with Crippen molar-refractivity contribution in [3.8, 4) is 0 Å². The Labute approximate surface area is 122 Å². The minimum atomic E-state index is -3.79. The normalized spacial score (nSPS) is 21.3. The number of hydrogen-bond acceptors (Lipinski definition) is 3. The van der Waals surface area contributed by atoms with Gasteiger partial charge in [-0.25, -0.2) is 8.42 Å². The number of benzene rings is 1. The lowest BCUT2D eigenvalue weighted by Crippen LogP contribution is -2.44. The third-order valence-corrected chi connectivity index (χ3v) is 6.06. The van der Waals surface area contributed by atoms with Gasteiger partial charge < -0.3 is 4.79 Å². The quantitative estimate of drug-likeness (QED) is 0.804. The van der Waals surface area contributed by atoms with Crippen molar-refractivity contribution in [3.63, 3.8) is 0 Å². The second-order valence-corrected chi connectivity index (χ2v) is 7.01. The third-order valence-electron chi connectivity index (χ3n) is 3.16. The molecule has 0 bridgehead atoms. The van der Waals surface area contributed by atoms with Crippen molar-refractivity contribution in [3.05, 3.63) is 28.2 Å². The number of sulfonamides is 1. The lowest BCUT2D eigenvalue weighted by Gasteiger charge is -2.31. The van der Waals surface area contributed by atoms with Crippen LogP contribution in [0.1, 0.15) is 19.3 Å². The number of carbonyl (C=O) groups excluding carboxylic acids is 1. The summed E-state index contributed by atoms with van der Waals surface area (Å²) >= 11 is 11.8. The molecule has 0 saturated carbocycles. The van der Waals surface area contributed by atoms with Gasteiger partial charge in [-0.15, -0.1) is 0 Å². The molecule has 104 valence electrons. The second kappa shape index (κ2) is 5.79. The largest absolute Gasteiger partial charge is 0.302 e. The van der Waals surface area contributed by atoms with E-state index in [0.29, 0.717) is 19.3 Å². The van der Waals surface area contributed by atoms with Crippen molar-refractivity contribution in [2.24, 2.45) is 0 Å². The highest BCUT2D eigenvalue weighted by atomic mass is 35.5. The van der Waals surface area contributed by atoms with Crippen molar-refractivity contribution in [1.82, 2.24) is 4.31 Å². The molecule has 1 heterocycles. The Morgan fingerprint density at radius 2 is 2.00 bits per heavy atom. The summed E-state index contributed by atoms with van der Waals surface area (Å²) in [6.07, 6.45) is 2.80. The molecule has 1 aliphatic heterocycles. The van der Waals surface area contributed by atoms with Crippen molar-refractivity contribution in [2.45, 2.75) is 30.2 Å². The Kier molecular flexibility index (Phi) is 4.50. The summed E-state index contributed by atoms with van der Waals surface area (Å²) in [7, 11) is -3.79. The van der Waals surface area contributed by atoms with Crippen LogP contribution in [0.3, 0.4) is 0 Å². The smallest absolute Gasteiger partial charge is 0.245 e. The zero-order valence-corrected chi connectivity index (χ0v) is 12.4. The summed E-state index contributed by atoms with van der Waals surface area (Å²) < 4.78 is 26.3. The second-order valence-electron chi connectivity index (χ2n) is 4.37. The van der Waals surface area contributed by atoms with E-state index in [2.05, 4.69) is 0 Å². The molecule has 1 aliphatic rings. The van der Waals surface area contributed by atoms with E-state index in [9.17, 15) is 13.2 Å². The molecule has 4 nitrogen and oxygen atoms in total. The monoisotopic (exact) mass is 321 g/mol. The van der Waals surface area contributed by atoms with Crippen LogP contribution < -0.4 is 0 Å². The van der Waals surface area contributed by atoms with E-state index < -0.39 is 16.1 Å². The summed E-state index contributed by atoms with van der Waals surface area (Å²) in [6.45, 7) is 0.328. The topological polar surface area (TPSA) is 54.5 Å². The fourth-order valence-corrected chi connectivity index (χ4v) is 4.54. The van der Waals surface area contributed by atoms with E-state index in [1.807, 2.05) is 0 Å². The van der Waals surface area contributed by atoms with Crippen LogP contribution in [0.15, 0.2) is 23.1 Å². The molecule has 1 saturated heterocycles. The van der Waals surface area contributed by atoms with Gasteiger partial charge in [0.05, 0.1) is 16.1 Å². The first kappa shape index (κ1) is 14.8. The van der Waals surface area contributed by atoms with E-state index >= 15 is 0 Å². The van der Waals surface area contributed by atoms with E-state index in [-0.39, 0.29) is 14.9 Å². The number of halogens is 2. The Morgan fingerprint density at radius 1 is 1.26 bits per heavy atom. The van der Waals surface area contributed by atoms with Crippen LogP contribution >= 0.6 is 23.2 Å². The minimum Gasteiger partial charge on any atom is -0.302 e. The predicted octanol–water partition coefficient (Wildman–Crippen LogP) is 2.74. The Hall–Kier alpha value is -0.620. The van der Waals surface area contributed by atoms with E-state index in [1.165, 1.54) is 22.5 Å². The molecule has 0 N–H and O–H groups in total. The summed E-state index contributed by atoms with van der Waals surface area (Å²) in [5, 5.41) is 0.182. The van der Waals surface area contributed by atoms with Gasteiger partial charge in [0.2, 0.25) is 10.0 Å². The highest BCUT2D eigenvalue weighted by Crippen LogP contribution is 2.33. The first-order valence-corrected chi connectivity index (χ1v) is 8.09. The van der Waals surface area contributed by atoms with Gasteiger partial charge in [-0.2, -0.15) is 4.31 Å². The van der Waals surface area contributed by atoms with Crippen molar-refractivity contribution < 1.29 is 13.2 Å². The molecule has 7 heteroatoms. The summed E-state index contributed by atoms with van der Waals surface area (Å²) in [5.41, 5.74) is 0. The fraction of sp³-hybridized carbons (Fsp3) is 0.417. The molecule has 1 atom stereocenters. The van der Waals surface area contributed by atoms with Crippen molar-refractivity contribution in [1.29, 1.82) is 0 Å². The highest BCUT2D eigenvalue weighted by Gasteiger charge is 2.34. The molecule has 0 spiro atoms. The molecule has 0 radical (unpaired) electrons. The number of piperidine rings is 1. The standard InChI is InChI=1S/C12H13Cl2NO3S/c13-10-5-3-6-11(12(10)14)19(17,18)15-7-2-1-4-9(15)8-16/h3,5-6,8-9H,1-2,4,7H2. The van der Waals surface area contributed by atoms with Crippen LogP contribution in [0.5, 0.6) is 0 Å². The molecule has 1 aromatic carbocycles. The Morgan fingerprint density at radius 3 is 2.68 bits per heavy atom. The SMILES string of the molecule is O=CC1CCCCN1S(=O)(=O)c1cccc(Cl)c1Cl. The van der Waals surface area contributed by atoms with Gasteiger partial charge in [-0.05, 0) is 25.0 Å². The van der Waals surface area contributed by atoms with E-state index in [4.69, 9.17) is 23.2 Å². The maximum atomic E-state index is 12.6. The van der Waals surface area contributed by atoms with Crippen LogP contribution in [0.4, 0.5) is 0 Å². The molecule has 1 aromatic rings. The first-order chi connectivity index (χ1) is 8.98. The Balaban J connectivity index is 2.46. The lowest BCUT2D eigenvalue weighted by atomic mass is 10.1. The molecule has 0 aromatic heterocycles. The van der Waals surface area contributed by atoms with Crippen LogP contribution in [0.25, 0.3) is 0 Å². The molecule has 1 fully saturated rings. The van der Waals surface area contributed by atoms with Crippen LogP contribution in [0.2, 0.25) is 10.0 Å². The number of rotatable bonds is 3. The number of hydrogen-bond donors (Lipinski definition) is 0. The van der Waals surface area contributed by atoms with Crippen LogP contribution in [-0.4, -0.2) is 31.6 Å². The number of carbonyl (C=O) groups is 1. The third kappa shape index (κ3) is 2.79. The van der Waals surface area contributed by atoms with Gasteiger partial charge in [-0.3, -0.25) is 0 Å². The summed E-state index contributed by atoms with van der Waals surface area (Å²) in [4.78, 5) is 11.0. The molecule has 0 aliphatic carbocycles. The number of nitrogens with zero attached hydrogens (tertiary/aromatic N) is 1. The van der Waals surface area contributed by atoms with Gasteiger partial charge in [0, 0.05) is 6.54 Å². The zero-order valence-electron chi connectivity index (χ0n) is 10.1. The van der Waals surface area contributed by atoms with Crippen LogP contribution in [0, 0.1) is 0 Å². The molecule has 1 unspecified atom stereocenters. The van der Waals surface area contributed by atoms with Gasteiger partial charge in [-0.1, -0.05) is 35.7 Å². The van der Waals surface area contributed by atoms with Crippen molar-refractivity contribution >= 4 is 39.5 Å². The Bertz CT molecular complexity index is 589. The lowest BCUT2D eigenvalue weighted by molar-refractivity contribution is -0.111. The summed E-state index contributed by atoms with van der Waals surface area (Å²) in [5.74, 6) is 0. The van der Waals surface area contributed by atoms with Gasteiger partial charge in [0.25, 0.3) is 0 Å². The maximum absolute atomic E-state index is 12.6. The minimum absolute atomic E-state index is 0.000566. The molecule has 19 heavy (non-hydrogen) atoms. The number of aldehydes is 1. The fourth-order valence-electron chi connectivity index (χ4n) is 2.17. The van der Waals surface area contributed by atoms with E-state index in [0.717, 1.165) is 12.8 Å². The average Bonchev–Trinajstić information content (AvgIpc) is 2.41. The van der Waals surface area contributed by atoms with E-state index in [1.54, 1.807) is 0 Å².